The van der Waals surface area contributed by atoms with Gasteiger partial charge in [-0.05, 0) is 81.9 Å². The van der Waals surface area contributed by atoms with E-state index in [0.717, 1.165) is 45.5 Å². The first-order valence-electron chi connectivity index (χ1n) is 18.1. The molecule has 0 saturated heterocycles. The molecular weight excluding hydrogens is 705 g/mol. The molecule has 2 atom stereocenters. The van der Waals surface area contributed by atoms with Gasteiger partial charge in [-0.15, -0.1) is 0 Å². The minimum Gasteiger partial charge on any atom is -0.490 e. The summed E-state index contributed by atoms with van der Waals surface area (Å²) in [5.74, 6) is 1.39. The molecule has 8 heteroatoms. The van der Waals surface area contributed by atoms with Crippen molar-refractivity contribution in [2.75, 3.05) is 26.4 Å². The highest BCUT2D eigenvalue weighted by Gasteiger charge is 2.17. The standard InChI is InChI=1S/C48H42O8/c1-3-47(49)55-45(31-51-41-23-15-37(16-24-41)35-11-7-5-8-12-35)33-53-43-27-19-39(20-28-43)40-21-29-44(30-22-40)54-34-46(56-48(50)4-2)32-52-42-25-17-38(18-26-42)36-13-9-6-10-14-36/h3-30,45-46H,1-2,31-34H2. The lowest BCUT2D eigenvalue weighted by atomic mass is 10.1. The number of rotatable bonds is 19. The van der Waals surface area contributed by atoms with Crippen LogP contribution in [0.15, 0.2) is 183 Å². The molecule has 0 N–H and O–H groups in total. The van der Waals surface area contributed by atoms with Crippen LogP contribution in [0.5, 0.6) is 23.0 Å². The summed E-state index contributed by atoms with van der Waals surface area (Å²) in [7, 11) is 0. The van der Waals surface area contributed by atoms with Crippen LogP contribution in [-0.4, -0.2) is 50.6 Å². The first kappa shape index (κ1) is 38.7. The van der Waals surface area contributed by atoms with Crippen molar-refractivity contribution in [2.24, 2.45) is 0 Å². The first-order chi connectivity index (χ1) is 27.4. The molecule has 0 aliphatic carbocycles. The Balaban J connectivity index is 0.988. The maximum absolute atomic E-state index is 12.0. The van der Waals surface area contributed by atoms with Crippen molar-refractivity contribution >= 4 is 11.9 Å². The maximum atomic E-state index is 12.0. The Morgan fingerprint density at radius 2 is 0.607 bits per heavy atom. The molecule has 0 spiro atoms. The van der Waals surface area contributed by atoms with E-state index in [1.165, 1.54) is 0 Å². The van der Waals surface area contributed by atoms with E-state index < -0.39 is 24.1 Å². The third-order valence-electron chi connectivity index (χ3n) is 8.61. The van der Waals surface area contributed by atoms with Crippen molar-refractivity contribution in [3.63, 3.8) is 0 Å². The lowest BCUT2D eigenvalue weighted by Crippen LogP contribution is -2.30. The molecule has 6 aromatic carbocycles. The van der Waals surface area contributed by atoms with Crippen molar-refractivity contribution in [3.05, 3.63) is 183 Å². The van der Waals surface area contributed by atoms with Gasteiger partial charge in [0.15, 0.2) is 12.2 Å². The smallest absolute Gasteiger partial charge is 0.330 e. The van der Waals surface area contributed by atoms with E-state index in [1.54, 1.807) is 0 Å². The zero-order chi connectivity index (χ0) is 39.0. The third-order valence-corrected chi connectivity index (χ3v) is 8.61. The van der Waals surface area contributed by atoms with Gasteiger partial charge in [-0.2, -0.15) is 0 Å². The van der Waals surface area contributed by atoms with E-state index >= 15 is 0 Å². The second kappa shape index (κ2) is 19.9. The van der Waals surface area contributed by atoms with Crippen molar-refractivity contribution in [3.8, 4) is 56.4 Å². The third kappa shape index (κ3) is 11.5. The van der Waals surface area contributed by atoms with E-state index in [0.29, 0.717) is 23.0 Å². The van der Waals surface area contributed by atoms with E-state index in [9.17, 15) is 9.59 Å². The van der Waals surface area contributed by atoms with Gasteiger partial charge in [-0.25, -0.2) is 9.59 Å². The Kier molecular flexibility index (Phi) is 13.7. The van der Waals surface area contributed by atoms with Crippen LogP contribution >= 0.6 is 0 Å². The highest BCUT2D eigenvalue weighted by atomic mass is 16.6. The van der Waals surface area contributed by atoms with Crippen molar-refractivity contribution < 1.29 is 38.0 Å². The summed E-state index contributed by atoms with van der Waals surface area (Å²) in [5, 5.41) is 0. The molecule has 282 valence electrons. The summed E-state index contributed by atoms with van der Waals surface area (Å²) in [4.78, 5) is 24.1. The van der Waals surface area contributed by atoms with Gasteiger partial charge in [-0.3, -0.25) is 0 Å². The average molecular weight is 747 g/mol. The molecule has 56 heavy (non-hydrogen) atoms. The van der Waals surface area contributed by atoms with Gasteiger partial charge in [0, 0.05) is 12.2 Å². The van der Waals surface area contributed by atoms with E-state index in [4.69, 9.17) is 28.4 Å². The molecule has 0 bridgehead atoms. The monoisotopic (exact) mass is 746 g/mol. The van der Waals surface area contributed by atoms with Crippen LogP contribution in [0.3, 0.4) is 0 Å². The molecule has 0 aliphatic rings. The predicted molar refractivity (Wildman–Crippen MR) is 218 cm³/mol. The quantitative estimate of drug-likeness (QED) is 0.0598. The SMILES string of the molecule is C=CC(=O)OC(COc1ccc(-c2ccccc2)cc1)COc1ccc(-c2ccc(OCC(COc3ccc(-c4ccccc4)cc3)OC(=O)C=C)cc2)cc1. The number of esters is 2. The number of hydrogen-bond acceptors (Lipinski definition) is 8. The van der Waals surface area contributed by atoms with E-state index in [1.807, 2.05) is 158 Å². The lowest BCUT2D eigenvalue weighted by molar-refractivity contribution is -0.147. The van der Waals surface area contributed by atoms with Crippen LogP contribution in [-0.2, 0) is 19.1 Å². The predicted octanol–water partition coefficient (Wildman–Crippen LogP) is 9.80. The van der Waals surface area contributed by atoms with Crippen LogP contribution in [0, 0.1) is 0 Å². The Labute approximate surface area is 327 Å². The minimum absolute atomic E-state index is 0.0851. The summed E-state index contributed by atoms with van der Waals surface area (Å²) in [6, 6.07) is 50.8. The van der Waals surface area contributed by atoms with Gasteiger partial charge in [0.2, 0.25) is 0 Å². The number of hydrogen-bond donors (Lipinski definition) is 0. The Morgan fingerprint density at radius 3 is 0.839 bits per heavy atom. The van der Waals surface area contributed by atoms with Gasteiger partial charge in [-0.1, -0.05) is 122 Å². The number of carbonyl (C=O) groups excluding carboxylic acids is 2. The summed E-state index contributed by atoms with van der Waals surface area (Å²) in [5.41, 5.74) is 6.30. The summed E-state index contributed by atoms with van der Waals surface area (Å²) < 4.78 is 34.9. The second-order valence-electron chi connectivity index (χ2n) is 12.6. The molecule has 0 amide bonds. The van der Waals surface area contributed by atoms with E-state index in [-0.39, 0.29) is 26.4 Å². The molecule has 0 heterocycles. The van der Waals surface area contributed by atoms with Crippen molar-refractivity contribution in [1.82, 2.24) is 0 Å². The largest absolute Gasteiger partial charge is 0.490 e. The van der Waals surface area contributed by atoms with Gasteiger partial charge in [0.1, 0.15) is 49.4 Å². The number of benzene rings is 6. The number of ether oxygens (including phenoxy) is 6. The molecule has 2 unspecified atom stereocenters. The summed E-state index contributed by atoms with van der Waals surface area (Å²) in [6.45, 7) is 7.38. The normalized spacial score (nSPS) is 11.6. The van der Waals surface area contributed by atoms with Gasteiger partial charge < -0.3 is 28.4 Å². The van der Waals surface area contributed by atoms with E-state index in [2.05, 4.69) is 13.2 Å². The molecule has 0 fully saturated rings. The van der Waals surface area contributed by atoms with Crippen LogP contribution in [0.2, 0.25) is 0 Å². The van der Waals surface area contributed by atoms with Crippen LogP contribution in [0.25, 0.3) is 33.4 Å². The fourth-order valence-corrected chi connectivity index (χ4v) is 5.65. The average Bonchev–Trinajstić information content (AvgIpc) is 3.26. The Morgan fingerprint density at radius 1 is 0.375 bits per heavy atom. The van der Waals surface area contributed by atoms with Gasteiger partial charge >= 0.3 is 11.9 Å². The topological polar surface area (TPSA) is 89.5 Å². The first-order valence-corrected chi connectivity index (χ1v) is 18.1. The molecule has 6 aromatic rings. The lowest BCUT2D eigenvalue weighted by Gasteiger charge is -2.19. The highest BCUT2D eigenvalue weighted by Crippen LogP contribution is 2.27. The second-order valence-corrected chi connectivity index (χ2v) is 12.6. The molecule has 0 aromatic heterocycles. The fourth-order valence-electron chi connectivity index (χ4n) is 5.65. The highest BCUT2D eigenvalue weighted by molar-refractivity contribution is 5.81. The summed E-state index contributed by atoms with van der Waals surface area (Å²) in [6.07, 6.45) is 0.897. The van der Waals surface area contributed by atoms with Crippen molar-refractivity contribution in [2.45, 2.75) is 12.2 Å². The van der Waals surface area contributed by atoms with Crippen LogP contribution in [0.1, 0.15) is 0 Å². The fraction of sp³-hybridized carbons (Fsp3) is 0.125. The Hall–Kier alpha value is -7.06. The van der Waals surface area contributed by atoms with Gasteiger partial charge in [0.25, 0.3) is 0 Å². The molecular formula is C48H42O8. The molecule has 0 saturated carbocycles. The molecule has 8 nitrogen and oxygen atoms in total. The van der Waals surface area contributed by atoms with Crippen molar-refractivity contribution in [1.29, 1.82) is 0 Å². The zero-order valence-electron chi connectivity index (χ0n) is 30.8. The minimum atomic E-state index is -0.667. The number of carbonyl (C=O) groups is 2. The maximum Gasteiger partial charge on any atom is 0.330 e. The summed E-state index contributed by atoms with van der Waals surface area (Å²) >= 11 is 0. The molecule has 0 aliphatic heterocycles. The van der Waals surface area contributed by atoms with Crippen LogP contribution < -0.4 is 18.9 Å². The molecule has 6 rings (SSSR count). The molecule has 0 radical (unpaired) electrons. The zero-order valence-corrected chi connectivity index (χ0v) is 30.8. The van der Waals surface area contributed by atoms with Gasteiger partial charge in [0.05, 0.1) is 0 Å². The Bertz CT molecular complexity index is 1990. The van der Waals surface area contributed by atoms with Crippen LogP contribution in [0.4, 0.5) is 0 Å².